The molecule has 1 atom stereocenters. The highest BCUT2D eigenvalue weighted by atomic mass is 35.5. The molecule has 0 spiro atoms. The van der Waals surface area contributed by atoms with Crippen molar-refractivity contribution in [1.82, 2.24) is 5.32 Å². The molecule has 0 aromatic rings. The summed E-state index contributed by atoms with van der Waals surface area (Å²) in [6.45, 7) is 6.38. The molecule has 3 N–H and O–H groups in total. The number of hydrogen-bond donors (Lipinski definition) is 2. The maximum Gasteiger partial charge on any atom is 0.226 e. The summed E-state index contributed by atoms with van der Waals surface area (Å²) in [7, 11) is 0. The Kier molecular flexibility index (Phi) is 6.17. The summed E-state index contributed by atoms with van der Waals surface area (Å²) in [4.78, 5) is 11.6. The minimum atomic E-state index is -0.459. The molecule has 1 rings (SSSR count). The minimum absolute atomic E-state index is 0. The van der Waals surface area contributed by atoms with Gasteiger partial charge < -0.3 is 15.8 Å². The van der Waals surface area contributed by atoms with Gasteiger partial charge in [-0.1, -0.05) is 0 Å². The lowest BCUT2D eigenvalue weighted by atomic mass is 9.92. The van der Waals surface area contributed by atoms with Gasteiger partial charge in [0, 0.05) is 25.6 Å². The average molecular weight is 237 g/mol. The molecular weight excluding hydrogens is 216 g/mol. The standard InChI is InChI=1S/C10H20N2O2.ClH/c1-10(2,7-11)9(13)12-5-8-3-4-14-6-8;/h8H,3-7,11H2,1-2H3,(H,12,13);1H. The molecule has 5 heteroatoms. The van der Waals surface area contributed by atoms with Gasteiger partial charge in [0.15, 0.2) is 0 Å². The quantitative estimate of drug-likeness (QED) is 0.749. The number of halogens is 1. The maximum atomic E-state index is 11.6. The summed E-state index contributed by atoms with van der Waals surface area (Å²) in [6.07, 6.45) is 1.04. The number of amides is 1. The van der Waals surface area contributed by atoms with Crippen LogP contribution < -0.4 is 11.1 Å². The van der Waals surface area contributed by atoms with Crippen LogP contribution in [0.3, 0.4) is 0 Å². The second-order valence-electron chi connectivity index (χ2n) is 4.53. The average Bonchev–Trinajstić information content (AvgIpc) is 2.66. The molecule has 15 heavy (non-hydrogen) atoms. The summed E-state index contributed by atoms with van der Waals surface area (Å²) in [5.74, 6) is 0.513. The van der Waals surface area contributed by atoms with E-state index < -0.39 is 5.41 Å². The van der Waals surface area contributed by atoms with Crippen molar-refractivity contribution in [3.05, 3.63) is 0 Å². The van der Waals surface area contributed by atoms with Crippen LogP contribution in [-0.2, 0) is 9.53 Å². The number of hydrogen-bond acceptors (Lipinski definition) is 3. The van der Waals surface area contributed by atoms with Gasteiger partial charge in [0.05, 0.1) is 12.0 Å². The van der Waals surface area contributed by atoms with E-state index in [1.165, 1.54) is 0 Å². The molecule has 0 aliphatic carbocycles. The van der Waals surface area contributed by atoms with Crippen molar-refractivity contribution in [2.45, 2.75) is 20.3 Å². The summed E-state index contributed by atoms with van der Waals surface area (Å²) < 4.78 is 5.23. The van der Waals surface area contributed by atoms with Crippen LogP contribution in [0.2, 0.25) is 0 Å². The van der Waals surface area contributed by atoms with Gasteiger partial charge in [-0.25, -0.2) is 0 Å². The summed E-state index contributed by atoms with van der Waals surface area (Å²) in [5, 5.41) is 2.92. The summed E-state index contributed by atoms with van der Waals surface area (Å²) in [5.41, 5.74) is 5.05. The molecule has 1 amide bonds. The normalized spacial score (nSPS) is 20.9. The van der Waals surface area contributed by atoms with Crippen LogP contribution in [0.1, 0.15) is 20.3 Å². The molecular formula is C10H21ClN2O2. The fourth-order valence-corrected chi connectivity index (χ4v) is 1.31. The van der Waals surface area contributed by atoms with Crippen molar-refractivity contribution in [2.24, 2.45) is 17.1 Å². The third-order valence-electron chi connectivity index (χ3n) is 2.70. The van der Waals surface area contributed by atoms with Crippen molar-refractivity contribution in [3.63, 3.8) is 0 Å². The van der Waals surface area contributed by atoms with Crippen LogP contribution in [-0.4, -0.2) is 32.2 Å². The largest absolute Gasteiger partial charge is 0.381 e. The molecule has 0 radical (unpaired) electrons. The molecule has 1 heterocycles. The molecule has 0 aromatic carbocycles. The van der Waals surface area contributed by atoms with Crippen molar-refractivity contribution in [3.8, 4) is 0 Å². The molecule has 4 nitrogen and oxygen atoms in total. The van der Waals surface area contributed by atoms with Crippen LogP contribution in [0.5, 0.6) is 0 Å². The second kappa shape index (κ2) is 6.30. The lowest BCUT2D eigenvalue weighted by Crippen LogP contribution is -2.43. The molecule has 0 bridgehead atoms. The van der Waals surface area contributed by atoms with Gasteiger partial charge in [-0.15, -0.1) is 12.4 Å². The van der Waals surface area contributed by atoms with E-state index in [9.17, 15) is 4.79 Å². The summed E-state index contributed by atoms with van der Waals surface area (Å²) in [6, 6.07) is 0. The molecule has 90 valence electrons. The highest BCUT2D eigenvalue weighted by molar-refractivity contribution is 5.85. The third kappa shape index (κ3) is 4.36. The van der Waals surface area contributed by atoms with Gasteiger partial charge >= 0.3 is 0 Å². The maximum absolute atomic E-state index is 11.6. The van der Waals surface area contributed by atoms with Gasteiger partial charge in [-0.2, -0.15) is 0 Å². The second-order valence-corrected chi connectivity index (χ2v) is 4.53. The van der Waals surface area contributed by atoms with Crippen LogP contribution in [0, 0.1) is 11.3 Å². The van der Waals surface area contributed by atoms with E-state index in [0.717, 1.165) is 19.6 Å². The smallest absolute Gasteiger partial charge is 0.226 e. The first-order chi connectivity index (χ1) is 6.56. The molecule has 1 fully saturated rings. The van der Waals surface area contributed by atoms with Gasteiger partial charge in [0.2, 0.25) is 5.91 Å². The Hall–Kier alpha value is -0.320. The number of carbonyl (C=O) groups is 1. The first kappa shape index (κ1) is 14.7. The van der Waals surface area contributed by atoms with Gasteiger partial charge in [-0.3, -0.25) is 4.79 Å². The molecule has 1 aliphatic rings. The third-order valence-corrected chi connectivity index (χ3v) is 2.70. The Bertz CT molecular complexity index is 204. The lowest BCUT2D eigenvalue weighted by molar-refractivity contribution is -0.129. The number of ether oxygens (including phenoxy) is 1. The Balaban J connectivity index is 0.00000196. The lowest BCUT2D eigenvalue weighted by Gasteiger charge is -2.22. The monoisotopic (exact) mass is 236 g/mol. The summed E-state index contributed by atoms with van der Waals surface area (Å²) >= 11 is 0. The number of nitrogens with one attached hydrogen (secondary N) is 1. The number of rotatable bonds is 4. The molecule has 0 saturated carbocycles. The fourth-order valence-electron chi connectivity index (χ4n) is 1.31. The first-order valence-electron chi connectivity index (χ1n) is 5.12. The zero-order valence-corrected chi connectivity index (χ0v) is 10.2. The van der Waals surface area contributed by atoms with Crippen molar-refractivity contribution < 1.29 is 9.53 Å². The van der Waals surface area contributed by atoms with E-state index in [4.69, 9.17) is 10.5 Å². The topological polar surface area (TPSA) is 64.4 Å². The molecule has 0 aromatic heterocycles. The SMILES string of the molecule is CC(C)(CN)C(=O)NCC1CCOC1.Cl. The van der Waals surface area contributed by atoms with E-state index in [-0.39, 0.29) is 18.3 Å². The molecule has 1 unspecified atom stereocenters. The van der Waals surface area contributed by atoms with Crippen LogP contribution >= 0.6 is 12.4 Å². The zero-order chi connectivity index (χ0) is 10.6. The van der Waals surface area contributed by atoms with Crippen molar-refractivity contribution >= 4 is 18.3 Å². The predicted octanol–water partition coefficient (Wildman–Crippen LogP) is 0.546. The Morgan fingerprint density at radius 2 is 2.27 bits per heavy atom. The number of nitrogens with two attached hydrogens (primary N) is 1. The van der Waals surface area contributed by atoms with Crippen LogP contribution in [0.4, 0.5) is 0 Å². The van der Waals surface area contributed by atoms with Gasteiger partial charge in [0.25, 0.3) is 0 Å². The van der Waals surface area contributed by atoms with Crippen LogP contribution in [0.25, 0.3) is 0 Å². The molecule has 1 aliphatic heterocycles. The first-order valence-corrected chi connectivity index (χ1v) is 5.12. The van der Waals surface area contributed by atoms with Crippen LogP contribution in [0.15, 0.2) is 0 Å². The zero-order valence-electron chi connectivity index (χ0n) is 9.41. The minimum Gasteiger partial charge on any atom is -0.381 e. The van der Waals surface area contributed by atoms with Gasteiger partial charge in [-0.05, 0) is 20.3 Å². The number of carbonyl (C=O) groups excluding carboxylic acids is 1. The molecule has 1 saturated heterocycles. The van der Waals surface area contributed by atoms with E-state index in [0.29, 0.717) is 19.0 Å². The highest BCUT2D eigenvalue weighted by Crippen LogP contribution is 2.14. The van der Waals surface area contributed by atoms with E-state index in [1.807, 2.05) is 13.8 Å². The van der Waals surface area contributed by atoms with Crippen molar-refractivity contribution in [2.75, 3.05) is 26.3 Å². The van der Waals surface area contributed by atoms with E-state index in [2.05, 4.69) is 5.32 Å². The van der Waals surface area contributed by atoms with E-state index in [1.54, 1.807) is 0 Å². The fraction of sp³-hybridized carbons (Fsp3) is 0.900. The Morgan fingerprint density at radius 3 is 2.73 bits per heavy atom. The van der Waals surface area contributed by atoms with Crippen molar-refractivity contribution in [1.29, 1.82) is 0 Å². The van der Waals surface area contributed by atoms with E-state index >= 15 is 0 Å². The highest BCUT2D eigenvalue weighted by Gasteiger charge is 2.26. The predicted molar refractivity (Wildman–Crippen MR) is 62.0 cm³/mol. The Morgan fingerprint density at radius 1 is 1.60 bits per heavy atom. The van der Waals surface area contributed by atoms with Gasteiger partial charge in [0.1, 0.15) is 0 Å². The Labute approximate surface area is 97.3 Å².